The molecule has 0 saturated heterocycles. The molecule has 0 spiro atoms. The van der Waals surface area contributed by atoms with Crippen molar-refractivity contribution in [3.63, 3.8) is 0 Å². The lowest BCUT2D eigenvalue weighted by molar-refractivity contribution is 0.669. The van der Waals surface area contributed by atoms with Crippen molar-refractivity contribution in [1.82, 2.24) is 15.3 Å². The van der Waals surface area contributed by atoms with E-state index in [1.54, 1.807) is 18.0 Å². The average Bonchev–Trinajstić information content (AvgIpc) is 2.42. The predicted molar refractivity (Wildman–Crippen MR) is 84.3 cm³/mol. The molecule has 0 amide bonds. The van der Waals surface area contributed by atoms with E-state index < -0.39 is 0 Å². The van der Waals surface area contributed by atoms with Gasteiger partial charge in [-0.2, -0.15) is 0 Å². The first-order valence-corrected chi connectivity index (χ1v) is 7.85. The van der Waals surface area contributed by atoms with Gasteiger partial charge in [-0.05, 0) is 55.4 Å². The molecule has 0 aliphatic rings. The van der Waals surface area contributed by atoms with E-state index in [4.69, 9.17) is 11.6 Å². The zero-order valence-corrected chi connectivity index (χ0v) is 13.3. The van der Waals surface area contributed by atoms with E-state index in [-0.39, 0.29) is 0 Å². The number of aryl methyl sites for hydroxylation is 1. The zero-order valence-electron chi connectivity index (χ0n) is 11.7. The van der Waals surface area contributed by atoms with Crippen LogP contribution in [-0.4, -0.2) is 16.5 Å². The first kappa shape index (κ1) is 15.3. The first-order chi connectivity index (χ1) is 9.70. The monoisotopic (exact) mass is 307 g/mol. The third kappa shape index (κ3) is 4.20. The van der Waals surface area contributed by atoms with E-state index in [1.165, 1.54) is 0 Å². The number of nitrogens with zero attached hydrogens (tertiary/aromatic N) is 2. The molecule has 0 aliphatic carbocycles. The maximum Gasteiger partial charge on any atom is 0.192 e. The van der Waals surface area contributed by atoms with Gasteiger partial charge < -0.3 is 5.32 Å². The molecule has 3 nitrogen and oxygen atoms in total. The minimum absolute atomic E-state index is 0.754. The van der Waals surface area contributed by atoms with Crippen LogP contribution in [0.4, 0.5) is 0 Å². The number of nitrogens with one attached hydrogen (secondary N) is 1. The SMILES string of the molecule is CCCNCc1c(Cl)cccc1Sc1nccc(C)n1. The Morgan fingerprint density at radius 3 is 2.90 bits per heavy atom. The molecule has 2 aromatic rings. The summed E-state index contributed by atoms with van der Waals surface area (Å²) in [5, 5.41) is 4.93. The molecule has 5 heteroatoms. The Kier molecular flexibility index (Phi) is 5.83. The Bertz CT molecular complexity index is 575. The van der Waals surface area contributed by atoms with Crippen molar-refractivity contribution < 1.29 is 0 Å². The van der Waals surface area contributed by atoms with Crippen molar-refractivity contribution in [1.29, 1.82) is 0 Å². The highest BCUT2D eigenvalue weighted by atomic mass is 35.5. The van der Waals surface area contributed by atoms with Crippen molar-refractivity contribution in [3.8, 4) is 0 Å². The zero-order chi connectivity index (χ0) is 14.4. The summed E-state index contributed by atoms with van der Waals surface area (Å²) in [5.41, 5.74) is 2.08. The smallest absolute Gasteiger partial charge is 0.192 e. The van der Waals surface area contributed by atoms with E-state index in [9.17, 15) is 0 Å². The third-order valence-electron chi connectivity index (χ3n) is 2.78. The molecule has 0 bridgehead atoms. The molecule has 1 heterocycles. The van der Waals surface area contributed by atoms with E-state index in [0.29, 0.717) is 0 Å². The van der Waals surface area contributed by atoms with Gasteiger partial charge in [-0.15, -0.1) is 0 Å². The minimum Gasteiger partial charge on any atom is -0.313 e. The summed E-state index contributed by atoms with van der Waals surface area (Å²) in [7, 11) is 0. The lowest BCUT2D eigenvalue weighted by atomic mass is 10.2. The van der Waals surface area contributed by atoms with E-state index in [2.05, 4.69) is 28.3 Å². The van der Waals surface area contributed by atoms with Crippen molar-refractivity contribution >= 4 is 23.4 Å². The highest BCUT2D eigenvalue weighted by Crippen LogP contribution is 2.31. The molecule has 2 rings (SSSR count). The lowest BCUT2D eigenvalue weighted by Crippen LogP contribution is -2.14. The van der Waals surface area contributed by atoms with Gasteiger partial charge in [-0.3, -0.25) is 0 Å². The maximum absolute atomic E-state index is 6.31. The molecule has 106 valence electrons. The molecule has 1 aromatic heterocycles. The van der Waals surface area contributed by atoms with E-state index in [0.717, 1.165) is 45.8 Å². The Morgan fingerprint density at radius 1 is 1.30 bits per heavy atom. The van der Waals surface area contributed by atoms with Gasteiger partial charge in [0.2, 0.25) is 0 Å². The minimum atomic E-state index is 0.754. The van der Waals surface area contributed by atoms with Crippen LogP contribution in [0.25, 0.3) is 0 Å². The van der Waals surface area contributed by atoms with Crippen LogP contribution in [0.5, 0.6) is 0 Å². The van der Waals surface area contributed by atoms with Gasteiger partial charge in [0, 0.05) is 28.4 Å². The van der Waals surface area contributed by atoms with Gasteiger partial charge in [0.25, 0.3) is 0 Å². The molecule has 1 N–H and O–H groups in total. The quantitative estimate of drug-likeness (QED) is 0.644. The molecule has 0 atom stereocenters. The number of halogens is 1. The van der Waals surface area contributed by atoms with Crippen molar-refractivity contribution in [2.45, 2.75) is 36.9 Å². The maximum atomic E-state index is 6.31. The van der Waals surface area contributed by atoms with Crippen molar-refractivity contribution in [2.75, 3.05) is 6.54 Å². The van der Waals surface area contributed by atoms with Gasteiger partial charge in [0.1, 0.15) is 0 Å². The Hall–Kier alpha value is -1.10. The van der Waals surface area contributed by atoms with Crippen LogP contribution in [-0.2, 0) is 6.54 Å². The summed E-state index contributed by atoms with van der Waals surface area (Å²) in [6, 6.07) is 7.84. The van der Waals surface area contributed by atoms with Crippen LogP contribution in [0, 0.1) is 6.92 Å². The topological polar surface area (TPSA) is 37.8 Å². The highest BCUT2D eigenvalue weighted by Gasteiger charge is 2.09. The fourth-order valence-electron chi connectivity index (χ4n) is 1.77. The highest BCUT2D eigenvalue weighted by molar-refractivity contribution is 7.99. The largest absolute Gasteiger partial charge is 0.313 e. The normalized spacial score (nSPS) is 10.8. The Labute approximate surface area is 129 Å². The molecule has 0 unspecified atom stereocenters. The third-order valence-corrected chi connectivity index (χ3v) is 4.11. The summed E-state index contributed by atoms with van der Waals surface area (Å²) < 4.78 is 0. The van der Waals surface area contributed by atoms with E-state index >= 15 is 0 Å². The first-order valence-electron chi connectivity index (χ1n) is 6.66. The predicted octanol–water partition coefficient (Wildman–Crippen LogP) is 4.09. The molecule has 20 heavy (non-hydrogen) atoms. The number of aromatic nitrogens is 2. The summed E-state index contributed by atoms with van der Waals surface area (Å²) >= 11 is 7.87. The van der Waals surface area contributed by atoms with Gasteiger partial charge in [0.05, 0.1) is 0 Å². The van der Waals surface area contributed by atoms with Gasteiger partial charge >= 0.3 is 0 Å². The molecule has 1 aromatic carbocycles. The summed E-state index contributed by atoms with van der Waals surface area (Å²) in [6.45, 7) is 5.86. The van der Waals surface area contributed by atoms with Crippen LogP contribution >= 0.6 is 23.4 Å². The number of hydrogen-bond donors (Lipinski definition) is 1. The summed E-state index contributed by atoms with van der Waals surface area (Å²) in [5.74, 6) is 0. The standard InChI is InChI=1S/C15H18ClN3S/c1-3-8-17-10-12-13(16)5-4-6-14(12)20-15-18-9-7-11(2)19-15/h4-7,9,17H,3,8,10H2,1-2H3. The average molecular weight is 308 g/mol. The fraction of sp³-hybridized carbons (Fsp3) is 0.333. The fourth-order valence-corrected chi connectivity index (χ4v) is 3.02. The molecule has 0 fully saturated rings. The molecular formula is C15H18ClN3S. The molecule has 0 radical (unpaired) electrons. The van der Waals surface area contributed by atoms with Crippen LogP contribution in [0.15, 0.2) is 40.5 Å². The molecular weight excluding hydrogens is 290 g/mol. The van der Waals surface area contributed by atoms with Gasteiger partial charge in [0.15, 0.2) is 5.16 Å². The Morgan fingerprint density at radius 2 is 2.15 bits per heavy atom. The number of hydrogen-bond acceptors (Lipinski definition) is 4. The Balaban J connectivity index is 2.20. The lowest BCUT2D eigenvalue weighted by Gasteiger charge is -2.11. The number of rotatable bonds is 6. The number of benzene rings is 1. The van der Waals surface area contributed by atoms with Crippen LogP contribution in [0.2, 0.25) is 5.02 Å². The van der Waals surface area contributed by atoms with Crippen LogP contribution in [0.1, 0.15) is 24.6 Å². The van der Waals surface area contributed by atoms with E-state index in [1.807, 2.05) is 25.1 Å². The second-order valence-corrected chi connectivity index (χ2v) is 5.89. The second-order valence-electron chi connectivity index (χ2n) is 4.48. The van der Waals surface area contributed by atoms with Gasteiger partial charge in [-0.25, -0.2) is 9.97 Å². The van der Waals surface area contributed by atoms with Crippen molar-refractivity contribution in [3.05, 3.63) is 46.7 Å². The summed E-state index contributed by atoms with van der Waals surface area (Å²) in [6.07, 6.45) is 2.89. The van der Waals surface area contributed by atoms with Crippen LogP contribution < -0.4 is 5.32 Å². The van der Waals surface area contributed by atoms with Crippen molar-refractivity contribution in [2.24, 2.45) is 0 Å². The summed E-state index contributed by atoms with van der Waals surface area (Å²) in [4.78, 5) is 9.82. The molecule has 0 saturated carbocycles. The molecule has 0 aliphatic heterocycles. The second kappa shape index (κ2) is 7.62. The van der Waals surface area contributed by atoms with Crippen LogP contribution in [0.3, 0.4) is 0 Å². The van der Waals surface area contributed by atoms with Gasteiger partial charge in [-0.1, -0.05) is 24.6 Å².